The molecule has 1 heterocycles. The highest BCUT2D eigenvalue weighted by Gasteiger charge is 2.48. The molecule has 2 amide bonds. The van der Waals surface area contributed by atoms with Crippen molar-refractivity contribution >= 4 is 23.3 Å². The van der Waals surface area contributed by atoms with Crippen molar-refractivity contribution in [3.63, 3.8) is 0 Å². The molecule has 0 unspecified atom stereocenters. The number of amides is 2. The molecule has 1 aliphatic rings. The Kier molecular flexibility index (Phi) is 5.89. The Balaban J connectivity index is 1.64. The Labute approximate surface area is 164 Å². The van der Waals surface area contributed by atoms with E-state index in [0.717, 1.165) is 24.1 Å². The highest BCUT2D eigenvalue weighted by atomic mass is 16.2. The molecule has 1 aromatic carbocycles. The SMILES string of the molecule is CCc1cnc(Nc2cccc(CCNC(=O)C3(NC)CC3)c2)c(C(N)=O)n1. The molecule has 8 nitrogen and oxygen atoms in total. The van der Waals surface area contributed by atoms with Crippen LogP contribution in [0.25, 0.3) is 0 Å². The summed E-state index contributed by atoms with van der Waals surface area (Å²) in [7, 11) is 1.82. The average molecular weight is 382 g/mol. The molecule has 1 aliphatic carbocycles. The van der Waals surface area contributed by atoms with Crippen molar-refractivity contribution in [1.82, 2.24) is 20.6 Å². The summed E-state index contributed by atoms with van der Waals surface area (Å²) in [5.41, 5.74) is 7.74. The van der Waals surface area contributed by atoms with Gasteiger partial charge in [0.15, 0.2) is 11.5 Å². The molecule has 2 aromatic rings. The Morgan fingerprint density at radius 3 is 2.71 bits per heavy atom. The summed E-state index contributed by atoms with van der Waals surface area (Å²) in [6, 6.07) is 7.73. The fraction of sp³-hybridized carbons (Fsp3) is 0.400. The Morgan fingerprint density at radius 1 is 1.29 bits per heavy atom. The van der Waals surface area contributed by atoms with Crippen molar-refractivity contribution in [2.24, 2.45) is 5.73 Å². The van der Waals surface area contributed by atoms with Gasteiger partial charge in [-0.3, -0.25) is 9.59 Å². The van der Waals surface area contributed by atoms with Crippen molar-refractivity contribution < 1.29 is 9.59 Å². The molecule has 0 aliphatic heterocycles. The second-order valence-corrected chi connectivity index (χ2v) is 6.94. The normalized spacial score (nSPS) is 14.4. The van der Waals surface area contributed by atoms with Crippen LogP contribution in [-0.2, 0) is 17.6 Å². The number of rotatable bonds is 9. The number of likely N-dealkylation sites (N-methyl/N-ethyl adjacent to an activating group) is 1. The van der Waals surface area contributed by atoms with Gasteiger partial charge in [0.2, 0.25) is 5.91 Å². The van der Waals surface area contributed by atoms with Crippen LogP contribution in [0.15, 0.2) is 30.5 Å². The number of carbonyl (C=O) groups excluding carboxylic acids is 2. The van der Waals surface area contributed by atoms with Crippen molar-refractivity contribution in [3.8, 4) is 0 Å². The van der Waals surface area contributed by atoms with E-state index >= 15 is 0 Å². The van der Waals surface area contributed by atoms with Gasteiger partial charge in [-0.1, -0.05) is 19.1 Å². The maximum atomic E-state index is 12.2. The largest absolute Gasteiger partial charge is 0.364 e. The Hall–Kier alpha value is -3.00. The first-order valence-corrected chi connectivity index (χ1v) is 9.46. The molecule has 1 aromatic heterocycles. The van der Waals surface area contributed by atoms with Gasteiger partial charge in [0.1, 0.15) is 0 Å². The number of nitrogens with one attached hydrogen (secondary N) is 3. The summed E-state index contributed by atoms with van der Waals surface area (Å²) in [6.45, 7) is 2.50. The van der Waals surface area contributed by atoms with Crippen LogP contribution < -0.4 is 21.7 Å². The number of hydrogen-bond donors (Lipinski definition) is 4. The summed E-state index contributed by atoms with van der Waals surface area (Å²) in [4.78, 5) is 32.4. The van der Waals surface area contributed by atoms with Crippen LogP contribution >= 0.6 is 0 Å². The van der Waals surface area contributed by atoms with Crippen LogP contribution in [0.1, 0.15) is 41.5 Å². The number of primary amides is 1. The highest BCUT2D eigenvalue weighted by Crippen LogP contribution is 2.34. The number of anilines is 2. The second-order valence-electron chi connectivity index (χ2n) is 6.94. The molecule has 0 radical (unpaired) electrons. The zero-order valence-corrected chi connectivity index (χ0v) is 16.2. The molecule has 0 bridgehead atoms. The lowest BCUT2D eigenvalue weighted by molar-refractivity contribution is -0.124. The van der Waals surface area contributed by atoms with E-state index < -0.39 is 5.91 Å². The number of carbonyl (C=O) groups is 2. The smallest absolute Gasteiger partial charge is 0.271 e. The minimum atomic E-state index is -0.622. The van der Waals surface area contributed by atoms with Gasteiger partial charge in [0, 0.05) is 12.2 Å². The number of nitrogens with zero attached hydrogens (tertiary/aromatic N) is 2. The van der Waals surface area contributed by atoms with Gasteiger partial charge in [-0.2, -0.15) is 0 Å². The Bertz CT molecular complexity index is 879. The van der Waals surface area contributed by atoms with Crippen LogP contribution in [0.4, 0.5) is 11.5 Å². The van der Waals surface area contributed by atoms with E-state index in [0.29, 0.717) is 30.9 Å². The minimum Gasteiger partial charge on any atom is -0.364 e. The highest BCUT2D eigenvalue weighted by molar-refractivity contribution is 5.96. The molecule has 3 rings (SSSR count). The Morgan fingerprint density at radius 2 is 2.07 bits per heavy atom. The molecule has 5 N–H and O–H groups in total. The summed E-state index contributed by atoms with van der Waals surface area (Å²) < 4.78 is 0. The van der Waals surface area contributed by atoms with Crippen LogP contribution in [0.2, 0.25) is 0 Å². The van der Waals surface area contributed by atoms with Crippen LogP contribution in [0, 0.1) is 0 Å². The zero-order valence-electron chi connectivity index (χ0n) is 16.2. The van der Waals surface area contributed by atoms with E-state index in [1.54, 1.807) is 6.20 Å². The number of aromatic nitrogens is 2. The number of hydrogen-bond acceptors (Lipinski definition) is 6. The predicted octanol–water partition coefficient (Wildman–Crippen LogP) is 1.29. The van der Waals surface area contributed by atoms with Crippen LogP contribution in [0.5, 0.6) is 0 Å². The fourth-order valence-corrected chi connectivity index (χ4v) is 3.01. The molecular formula is C20H26N6O2. The summed E-state index contributed by atoms with van der Waals surface area (Å²) in [5, 5.41) is 9.19. The van der Waals surface area contributed by atoms with Crippen molar-refractivity contribution in [2.45, 2.75) is 38.1 Å². The molecule has 148 valence electrons. The summed E-state index contributed by atoms with van der Waals surface area (Å²) in [5.74, 6) is -0.232. The van der Waals surface area contributed by atoms with Gasteiger partial charge >= 0.3 is 0 Å². The van der Waals surface area contributed by atoms with Gasteiger partial charge in [0.05, 0.1) is 17.4 Å². The summed E-state index contributed by atoms with van der Waals surface area (Å²) in [6.07, 6.45) is 4.76. The maximum absolute atomic E-state index is 12.2. The maximum Gasteiger partial charge on any atom is 0.271 e. The number of nitrogens with two attached hydrogens (primary N) is 1. The molecular weight excluding hydrogens is 356 g/mol. The first-order chi connectivity index (χ1) is 13.5. The van der Waals surface area contributed by atoms with E-state index in [4.69, 9.17) is 5.73 Å². The minimum absolute atomic E-state index is 0.0571. The van der Waals surface area contributed by atoms with Gasteiger partial charge in [-0.15, -0.1) is 0 Å². The lowest BCUT2D eigenvalue weighted by Gasteiger charge is -2.14. The lowest BCUT2D eigenvalue weighted by Crippen LogP contribution is -2.45. The topological polar surface area (TPSA) is 122 Å². The van der Waals surface area contributed by atoms with Gasteiger partial charge in [-0.05, 0) is 50.4 Å². The molecule has 1 fully saturated rings. The van der Waals surface area contributed by atoms with Crippen molar-refractivity contribution in [3.05, 3.63) is 47.4 Å². The first-order valence-electron chi connectivity index (χ1n) is 9.46. The molecule has 28 heavy (non-hydrogen) atoms. The van der Waals surface area contributed by atoms with Gasteiger partial charge in [-0.25, -0.2) is 9.97 Å². The van der Waals surface area contributed by atoms with E-state index in [1.165, 1.54) is 0 Å². The summed E-state index contributed by atoms with van der Waals surface area (Å²) >= 11 is 0. The molecule has 0 atom stereocenters. The van der Waals surface area contributed by atoms with E-state index in [2.05, 4.69) is 25.9 Å². The third kappa shape index (κ3) is 4.45. The van der Waals surface area contributed by atoms with Gasteiger partial charge in [0.25, 0.3) is 5.91 Å². The number of benzene rings is 1. The first kappa shape index (κ1) is 19.8. The van der Waals surface area contributed by atoms with E-state index in [1.807, 2.05) is 38.2 Å². The zero-order chi connectivity index (χ0) is 20.1. The lowest BCUT2D eigenvalue weighted by atomic mass is 10.1. The van der Waals surface area contributed by atoms with Crippen LogP contribution in [0.3, 0.4) is 0 Å². The quantitative estimate of drug-likeness (QED) is 0.518. The predicted molar refractivity (Wildman–Crippen MR) is 107 cm³/mol. The average Bonchev–Trinajstić information content (AvgIpc) is 3.50. The number of aryl methyl sites for hydroxylation is 1. The van der Waals surface area contributed by atoms with E-state index in [-0.39, 0.29) is 17.1 Å². The monoisotopic (exact) mass is 382 g/mol. The molecule has 0 spiro atoms. The van der Waals surface area contributed by atoms with Crippen molar-refractivity contribution in [1.29, 1.82) is 0 Å². The van der Waals surface area contributed by atoms with E-state index in [9.17, 15) is 9.59 Å². The van der Waals surface area contributed by atoms with Gasteiger partial charge < -0.3 is 21.7 Å². The fourth-order valence-electron chi connectivity index (χ4n) is 3.01. The van der Waals surface area contributed by atoms with Crippen molar-refractivity contribution in [2.75, 3.05) is 18.9 Å². The molecule has 8 heteroatoms. The third-order valence-corrected chi connectivity index (χ3v) is 4.97. The second kappa shape index (κ2) is 8.35. The third-order valence-electron chi connectivity index (χ3n) is 4.97. The standard InChI is InChI=1S/C20H26N6O2/c1-3-14-12-24-18(16(25-14)17(21)27)26-15-6-4-5-13(11-15)7-10-23-19(28)20(22-2)8-9-20/h4-6,11-12,22H,3,7-10H2,1-2H3,(H2,21,27)(H,23,28)(H,24,26). The molecule has 0 saturated heterocycles. The van der Waals surface area contributed by atoms with Crippen LogP contribution in [-0.4, -0.2) is 40.9 Å². The molecule has 1 saturated carbocycles.